The van der Waals surface area contributed by atoms with Crippen molar-refractivity contribution in [3.8, 4) is 0 Å². The number of fused-ring (bicyclic) bond motifs is 1. The Morgan fingerprint density at radius 3 is 2.77 bits per heavy atom. The topological polar surface area (TPSA) is 74.3 Å². The molecular weight excluding hydrogens is 300 g/mol. The van der Waals surface area contributed by atoms with E-state index in [-0.39, 0.29) is 4.90 Å². The molecule has 0 aliphatic carbocycles. The molecule has 0 amide bonds. The van der Waals surface area contributed by atoms with E-state index in [1.807, 2.05) is 12.1 Å². The number of hydrogen-bond donors (Lipinski definition) is 2. The highest BCUT2D eigenvalue weighted by Crippen LogP contribution is 2.20. The van der Waals surface area contributed by atoms with Gasteiger partial charge in [0.25, 0.3) is 0 Å². The van der Waals surface area contributed by atoms with E-state index in [0.29, 0.717) is 12.1 Å². The number of sulfonamides is 1. The summed E-state index contributed by atoms with van der Waals surface area (Å²) in [4.78, 5) is 6.70. The number of hydrogen-bond acceptors (Lipinski definition) is 5. The first-order chi connectivity index (χ1) is 10.7. The van der Waals surface area contributed by atoms with Gasteiger partial charge in [-0.1, -0.05) is 18.2 Å². The maximum absolute atomic E-state index is 12.5. The molecule has 0 spiro atoms. The van der Waals surface area contributed by atoms with E-state index in [2.05, 4.69) is 19.9 Å². The Labute approximate surface area is 130 Å². The van der Waals surface area contributed by atoms with Gasteiger partial charge in [-0.3, -0.25) is 9.88 Å². The van der Waals surface area contributed by atoms with Crippen molar-refractivity contribution in [3.63, 3.8) is 0 Å². The van der Waals surface area contributed by atoms with Gasteiger partial charge >= 0.3 is 0 Å². The molecule has 0 atom stereocenters. The molecular formula is C15H20N4O2S. The average Bonchev–Trinajstić information content (AvgIpc) is 2.55. The van der Waals surface area contributed by atoms with Crippen LogP contribution in [0.5, 0.6) is 0 Å². The molecule has 0 bridgehead atoms. The van der Waals surface area contributed by atoms with Crippen LogP contribution in [0.15, 0.2) is 41.4 Å². The second-order valence-electron chi connectivity index (χ2n) is 5.32. The molecule has 0 unspecified atom stereocenters. The maximum Gasteiger partial charge on any atom is 0.242 e. The summed E-state index contributed by atoms with van der Waals surface area (Å²) in [6.45, 7) is 4.96. The third-order valence-electron chi connectivity index (χ3n) is 3.81. The van der Waals surface area contributed by atoms with Crippen molar-refractivity contribution in [3.05, 3.63) is 36.5 Å². The summed E-state index contributed by atoms with van der Waals surface area (Å²) < 4.78 is 27.7. The number of para-hydroxylation sites is 1. The molecule has 7 heteroatoms. The summed E-state index contributed by atoms with van der Waals surface area (Å²) in [6, 6.07) is 8.87. The summed E-state index contributed by atoms with van der Waals surface area (Å²) in [7, 11) is -3.54. The number of nitrogens with zero attached hydrogens (tertiary/aromatic N) is 2. The molecule has 0 radical (unpaired) electrons. The molecule has 22 heavy (non-hydrogen) atoms. The molecule has 1 aromatic heterocycles. The standard InChI is InChI=1S/C15H20N4O2S/c20-22(21,18-9-12-19-10-7-16-8-11-19)14-5-1-3-13-4-2-6-17-15(13)14/h1-6,16,18H,7-12H2. The number of benzene rings is 1. The zero-order valence-corrected chi connectivity index (χ0v) is 13.1. The van der Waals surface area contributed by atoms with Gasteiger partial charge in [0, 0.05) is 50.9 Å². The summed E-state index contributed by atoms with van der Waals surface area (Å²) in [5.74, 6) is 0. The van der Waals surface area contributed by atoms with Gasteiger partial charge in [-0.25, -0.2) is 13.1 Å². The lowest BCUT2D eigenvalue weighted by molar-refractivity contribution is 0.245. The average molecular weight is 320 g/mol. The molecule has 6 nitrogen and oxygen atoms in total. The van der Waals surface area contributed by atoms with Gasteiger partial charge in [0.2, 0.25) is 10.0 Å². The Morgan fingerprint density at radius 1 is 1.18 bits per heavy atom. The van der Waals surface area contributed by atoms with Gasteiger partial charge < -0.3 is 5.32 Å². The van der Waals surface area contributed by atoms with Crippen LogP contribution in [-0.4, -0.2) is 57.6 Å². The number of nitrogens with one attached hydrogen (secondary N) is 2. The van der Waals surface area contributed by atoms with Gasteiger partial charge in [-0.05, 0) is 12.1 Å². The van der Waals surface area contributed by atoms with E-state index in [4.69, 9.17) is 0 Å². The van der Waals surface area contributed by atoms with Gasteiger partial charge in [-0.15, -0.1) is 0 Å². The first kappa shape index (κ1) is 15.4. The van der Waals surface area contributed by atoms with Crippen molar-refractivity contribution >= 4 is 20.9 Å². The van der Waals surface area contributed by atoms with Crippen molar-refractivity contribution in [2.75, 3.05) is 39.3 Å². The van der Waals surface area contributed by atoms with Crippen LogP contribution < -0.4 is 10.0 Å². The maximum atomic E-state index is 12.5. The Balaban J connectivity index is 1.71. The highest BCUT2D eigenvalue weighted by Gasteiger charge is 2.18. The Kier molecular flexibility index (Phi) is 4.68. The van der Waals surface area contributed by atoms with Crippen molar-refractivity contribution in [1.29, 1.82) is 0 Å². The Hall–Kier alpha value is -1.54. The number of rotatable bonds is 5. The highest BCUT2D eigenvalue weighted by molar-refractivity contribution is 7.89. The molecule has 1 fully saturated rings. The minimum Gasteiger partial charge on any atom is -0.314 e. The third kappa shape index (κ3) is 3.44. The molecule has 0 saturated carbocycles. The normalized spacial score (nSPS) is 16.9. The molecule has 1 aromatic carbocycles. The summed E-state index contributed by atoms with van der Waals surface area (Å²) >= 11 is 0. The minimum absolute atomic E-state index is 0.242. The molecule has 3 rings (SSSR count). The van der Waals surface area contributed by atoms with Gasteiger partial charge in [0.1, 0.15) is 4.90 Å². The number of pyridine rings is 1. The van der Waals surface area contributed by atoms with Crippen molar-refractivity contribution < 1.29 is 8.42 Å². The summed E-state index contributed by atoms with van der Waals surface area (Å²) in [5, 5.41) is 4.11. The fraction of sp³-hybridized carbons (Fsp3) is 0.400. The van der Waals surface area contributed by atoms with Crippen molar-refractivity contribution in [2.24, 2.45) is 0 Å². The lowest BCUT2D eigenvalue weighted by atomic mass is 10.2. The van der Waals surface area contributed by atoms with Crippen molar-refractivity contribution in [1.82, 2.24) is 19.9 Å². The van der Waals surface area contributed by atoms with Crippen LogP contribution in [-0.2, 0) is 10.0 Å². The molecule has 1 aliphatic rings. The molecule has 118 valence electrons. The fourth-order valence-corrected chi connectivity index (χ4v) is 3.84. The zero-order chi connectivity index (χ0) is 15.4. The second-order valence-corrected chi connectivity index (χ2v) is 7.06. The largest absolute Gasteiger partial charge is 0.314 e. The van der Waals surface area contributed by atoms with Crippen LogP contribution in [0.4, 0.5) is 0 Å². The quantitative estimate of drug-likeness (QED) is 0.835. The Morgan fingerprint density at radius 2 is 1.95 bits per heavy atom. The van der Waals surface area contributed by atoms with Crippen LogP contribution >= 0.6 is 0 Å². The highest BCUT2D eigenvalue weighted by atomic mass is 32.2. The van der Waals surface area contributed by atoms with Gasteiger partial charge in [0.15, 0.2) is 0 Å². The molecule has 2 N–H and O–H groups in total. The predicted octanol–water partition coefficient (Wildman–Crippen LogP) is 0.418. The number of aromatic nitrogens is 1. The first-order valence-electron chi connectivity index (χ1n) is 7.43. The van der Waals surface area contributed by atoms with Crippen LogP contribution in [0.2, 0.25) is 0 Å². The van der Waals surface area contributed by atoms with Crippen molar-refractivity contribution in [2.45, 2.75) is 4.90 Å². The van der Waals surface area contributed by atoms with E-state index in [1.165, 1.54) is 0 Å². The summed E-state index contributed by atoms with van der Waals surface area (Å²) in [5.41, 5.74) is 0.514. The second kappa shape index (κ2) is 6.70. The lowest BCUT2D eigenvalue weighted by Gasteiger charge is -2.27. The van der Waals surface area contributed by atoms with E-state index in [1.54, 1.807) is 24.4 Å². The lowest BCUT2D eigenvalue weighted by Crippen LogP contribution is -2.46. The molecule has 1 saturated heterocycles. The van der Waals surface area contributed by atoms with E-state index >= 15 is 0 Å². The SMILES string of the molecule is O=S(=O)(NCCN1CCNCC1)c1cccc2cccnc12. The van der Waals surface area contributed by atoms with Crippen LogP contribution in [0.25, 0.3) is 10.9 Å². The van der Waals surface area contributed by atoms with Crippen LogP contribution in [0.1, 0.15) is 0 Å². The van der Waals surface area contributed by atoms with Crippen LogP contribution in [0.3, 0.4) is 0 Å². The van der Waals surface area contributed by atoms with E-state index < -0.39 is 10.0 Å². The van der Waals surface area contributed by atoms with Gasteiger partial charge in [-0.2, -0.15) is 0 Å². The first-order valence-corrected chi connectivity index (χ1v) is 8.92. The number of piperazine rings is 1. The Bertz CT molecular complexity index is 737. The third-order valence-corrected chi connectivity index (χ3v) is 5.31. The van der Waals surface area contributed by atoms with E-state index in [9.17, 15) is 8.42 Å². The van der Waals surface area contributed by atoms with E-state index in [0.717, 1.165) is 38.1 Å². The fourth-order valence-electron chi connectivity index (χ4n) is 2.64. The smallest absolute Gasteiger partial charge is 0.242 e. The predicted molar refractivity (Wildman–Crippen MR) is 86.2 cm³/mol. The monoisotopic (exact) mass is 320 g/mol. The molecule has 2 aromatic rings. The van der Waals surface area contributed by atoms with Gasteiger partial charge in [0.05, 0.1) is 5.52 Å². The molecule has 2 heterocycles. The minimum atomic E-state index is -3.54. The van der Waals surface area contributed by atoms with Crippen LogP contribution in [0, 0.1) is 0 Å². The molecule has 1 aliphatic heterocycles. The zero-order valence-electron chi connectivity index (χ0n) is 12.3. The summed E-state index contributed by atoms with van der Waals surface area (Å²) in [6.07, 6.45) is 1.61.